The SMILES string of the molecule is CCOC(=O)NC(=O)C(C#N)=NNc1cc(Cl)c(Oc2ccc3c(c2)C(=O)NCC3)c(Cl)c1. The quantitative estimate of drug-likeness (QED) is 0.415. The minimum atomic E-state index is -1.04. The van der Waals surface area contributed by atoms with Crippen LogP contribution < -0.4 is 20.8 Å². The van der Waals surface area contributed by atoms with Crippen molar-refractivity contribution < 1.29 is 23.9 Å². The van der Waals surface area contributed by atoms with Crippen LogP contribution >= 0.6 is 23.2 Å². The summed E-state index contributed by atoms with van der Waals surface area (Å²) in [7, 11) is 0. The fraction of sp³-hybridized carbons (Fsp3) is 0.190. The van der Waals surface area contributed by atoms with E-state index in [2.05, 4.69) is 20.6 Å². The highest BCUT2D eigenvalue weighted by Crippen LogP contribution is 2.39. The number of ether oxygens (including phenoxy) is 2. The highest BCUT2D eigenvalue weighted by molar-refractivity contribution is 6.47. The number of hydrogen-bond donors (Lipinski definition) is 3. The van der Waals surface area contributed by atoms with E-state index in [1.54, 1.807) is 31.2 Å². The Bertz CT molecular complexity index is 1170. The first-order valence-electron chi connectivity index (χ1n) is 9.62. The summed E-state index contributed by atoms with van der Waals surface area (Å²) < 4.78 is 10.4. The van der Waals surface area contributed by atoms with E-state index >= 15 is 0 Å². The summed E-state index contributed by atoms with van der Waals surface area (Å²) >= 11 is 12.6. The Morgan fingerprint density at radius 1 is 1.24 bits per heavy atom. The molecule has 0 bridgehead atoms. The lowest BCUT2D eigenvalue weighted by Crippen LogP contribution is -2.36. The van der Waals surface area contributed by atoms with Gasteiger partial charge in [-0.3, -0.25) is 20.3 Å². The maximum absolute atomic E-state index is 12.0. The van der Waals surface area contributed by atoms with E-state index in [0.29, 0.717) is 17.9 Å². The molecule has 2 aromatic carbocycles. The molecular formula is C21H17Cl2N5O5. The van der Waals surface area contributed by atoms with Crippen molar-refractivity contribution in [3.05, 3.63) is 51.5 Å². The van der Waals surface area contributed by atoms with E-state index in [1.807, 2.05) is 5.32 Å². The van der Waals surface area contributed by atoms with Crippen molar-refractivity contribution in [1.82, 2.24) is 10.6 Å². The topological polar surface area (TPSA) is 142 Å². The van der Waals surface area contributed by atoms with Gasteiger partial charge in [0.25, 0.3) is 11.8 Å². The number of nitrogens with zero attached hydrogens (tertiary/aromatic N) is 2. The van der Waals surface area contributed by atoms with Crippen LogP contribution in [0.25, 0.3) is 0 Å². The molecule has 0 saturated heterocycles. The average molecular weight is 490 g/mol. The summed E-state index contributed by atoms with van der Waals surface area (Å²) in [4.78, 5) is 35.2. The minimum absolute atomic E-state index is 0.0560. The van der Waals surface area contributed by atoms with Crippen molar-refractivity contribution in [2.24, 2.45) is 5.10 Å². The Labute approximate surface area is 198 Å². The van der Waals surface area contributed by atoms with E-state index in [4.69, 9.17) is 33.2 Å². The molecule has 0 aromatic heterocycles. The molecule has 0 radical (unpaired) electrons. The van der Waals surface area contributed by atoms with Gasteiger partial charge in [0.1, 0.15) is 11.8 Å². The largest absolute Gasteiger partial charge is 0.454 e. The molecule has 2 aromatic rings. The zero-order chi connectivity index (χ0) is 24.0. The number of carbonyl (C=O) groups is 3. The van der Waals surface area contributed by atoms with Crippen molar-refractivity contribution in [3.8, 4) is 17.6 Å². The van der Waals surface area contributed by atoms with Gasteiger partial charge < -0.3 is 14.8 Å². The van der Waals surface area contributed by atoms with Gasteiger partial charge >= 0.3 is 6.09 Å². The van der Waals surface area contributed by atoms with Crippen LogP contribution in [0.1, 0.15) is 22.8 Å². The summed E-state index contributed by atoms with van der Waals surface area (Å²) in [5.41, 5.74) is 3.54. The van der Waals surface area contributed by atoms with Crippen LogP contribution in [0, 0.1) is 11.3 Å². The Morgan fingerprint density at radius 2 is 1.97 bits per heavy atom. The molecule has 33 heavy (non-hydrogen) atoms. The third-order valence-corrected chi connectivity index (χ3v) is 4.89. The number of alkyl carbamates (subject to hydrolysis) is 1. The van der Waals surface area contributed by atoms with Gasteiger partial charge in [-0.15, -0.1) is 0 Å². The molecule has 170 valence electrons. The number of halogens is 2. The zero-order valence-corrected chi connectivity index (χ0v) is 18.7. The first-order valence-corrected chi connectivity index (χ1v) is 10.4. The van der Waals surface area contributed by atoms with Crippen LogP contribution in [-0.2, 0) is 16.0 Å². The number of nitrogens with one attached hydrogen (secondary N) is 3. The van der Waals surface area contributed by atoms with Crippen molar-refractivity contribution >= 4 is 52.5 Å². The predicted octanol–water partition coefficient (Wildman–Crippen LogP) is 3.64. The van der Waals surface area contributed by atoms with Gasteiger partial charge in [-0.25, -0.2) is 4.79 Å². The van der Waals surface area contributed by atoms with E-state index in [9.17, 15) is 14.4 Å². The molecular weight excluding hydrogens is 473 g/mol. The number of amides is 3. The lowest BCUT2D eigenvalue weighted by Gasteiger charge is -2.18. The summed E-state index contributed by atoms with van der Waals surface area (Å²) in [6, 6.07) is 9.51. The monoisotopic (exact) mass is 489 g/mol. The number of rotatable bonds is 6. The number of benzene rings is 2. The Hall–Kier alpha value is -3.81. The molecule has 12 heteroatoms. The van der Waals surface area contributed by atoms with Gasteiger partial charge in [0, 0.05) is 12.1 Å². The Balaban J connectivity index is 1.75. The van der Waals surface area contributed by atoms with Crippen molar-refractivity contribution in [3.63, 3.8) is 0 Å². The Kier molecular flexibility index (Phi) is 7.71. The third-order valence-electron chi connectivity index (χ3n) is 4.33. The summed E-state index contributed by atoms with van der Waals surface area (Å²) in [6.45, 7) is 2.20. The normalized spacial score (nSPS) is 12.7. The van der Waals surface area contributed by atoms with Gasteiger partial charge in [0.15, 0.2) is 5.75 Å². The minimum Gasteiger partial charge on any atom is -0.454 e. The molecule has 0 saturated carbocycles. The second kappa shape index (κ2) is 10.7. The number of imide groups is 1. The number of nitriles is 1. The van der Waals surface area contributed by atoms with Gasteiger partial charge in [0.05, 0.1) is 22.3 Å². The lowest BCUT2D eigenvalue weighted by molar-refractivity contribution is -0.114. The van der Waals surface area contributed by atoms with E-state index < -0.39 is 17.7 Å². The van der Waals surface area contributed by atoms with Crippen LogP contribution in [0.15, 0.2) is 35.4 Å². The van der Waals surface area contributed by atoms with Gasteiger partial charge in [-0.2, -0.15) is 10.4 Å². The third kappa shape index (κ3) is 5.91. The highest BCUT2D eigenvalue weighted by atomic mass is 35.5. The van der Waals surface area contributed by atoms with Crippen molar-refractivity contribution in [2.75, 3.05) is 18.6 Å². The standard InChI is InChI=1S/C21H17Cl2N5O5/c1-2-32-21(31)26-20(30)17(10-24)28-27-12-7-15(22)18(16(23)8-12)33-13-4-3-11-5-6-25-19(29)14(11)9-13/h3-4,7-9,27H,2,5-6H2,1H3,(H,25,29)(H,26,30,31). The second-order valence-electron chi connectivity index (χ2n) is 6.55. The first-order chi connectivity index (χ1) is 15.8. The molecule has 3 amide bonds. The summed E-state index contributed by atoms with van der Waals surface area (Å²) in [6.07, 6.45) is -0.274. The zero-order valence-electron chi connectivity index (χ0n) is 17.2. The number of fused-ring (bicyclic) bond motifs is 1. The molecule has 0 unspecified atom stereocenters. The van der Waals surface area contributed by atoms with E-state index in [1.165, 1.54) is 12.1 Å². The highest BCUT2D eigenvalue weighted by Gasteiger charge is 2.19. The molecule has 1 aliphatic heterocycles. The molecule has 3 N–H and O–H groups in total. The van der Waals surface area contributed by atoms with Crippen molar-refractivity contribution in [1.29, 1.82) is 5.26 Å². The molecule has 0 fully saturated rings. The fourth-order valence-electron chi connectivity index (χ4n) is 2.86. The van der Waals surface area contributed by atoms with Crippen LogP contribution in [0.3, 0.4) is 0 Å². The number of carbonyl (C=O) groups excluding carboxylic acids is 3. The molecule has 3 rings (SSSR count). The number of hydrogen-bond acceptors (Lipinski definition) is 8. The van der Waals surface area contributed by atoms with Crippen molar-refractivity contribution in [2.45, 2.75) is 13.3 Å². The van der Waals surface area contributed by atoms with Gasteiger partial charge in [-0.1, -0.05) is 29.3 Å². The molecule has 0 aliphatic carbocycles. The summed E-state index contributed by atoms with van der Waals surface area (Å²) in [5.74, 6) is -0.714. The van der Waals surface area contributed by atoms with Crippen LogP contribution in [0.5, 0.6) is 11.5 Å². The molecule has 1 aliphatic rings. The van der Waals surface area contributed by atoms with E-state index in [0.717, 1.165) is 12.0 Å². The van der Waals surface area contributed by atoms with E-state index in [-0.39, 0.29) is 34.0 Å². The first kappa shape index (κ1) is 23.8. The van der Waals surface area contributed by atoms with Crippen LogP contribution in [-0.4, -0.2) is 36.8 Å². The fourth-order valence-corrected chi connectivity index (χ4v) is 3.42. The molecule has 1 heterocycles. The number of hydrazone groups is 1. The molecule has 10 nitrogen and oxygen atoms in total. The summed E-state index contributed by atoms with van der Waals surface area (Å²) in [5, 5.41) is 17.6. The van der Waals surface area contributed by atoms with Crippen LogP contribution in [0.2, 0.25) is 10.0 Å². The predicted molar refractivity (Wildman–Crippen MR) is 121 cm³/mol. The molecule has 0 atom stereocenters. The lowest BCUT2D eigenvalue weighted by atomic mass is 10.0. The number of anilines is 1. The Morgan fingerprint density at radius 3 is 2.64 bits per heavy atom. The molecule has 0 spiro atoms. The van der Waals surface area contributed by atoms with Gasteiger partial charge in [0.2, 0.25) is 5.71 Å². The van der Waals surface area contributed by atoms with Crippen LogP contribution in [0.4, 0.5) is 10.5 Å². The van der Waals surface area contributed by atoms with Gasteiger partial charge in [-0.05, 0) is 43.2 Å². The second-order valence-corrected chi connectivity index (χ2v) is 7.37. The average Bonchev–Trinajstić information content (AvgIpc) is 2.77. The smallest absolute Gasteiger partial charge is 0.414 e. The maximum Gasteiger partial charge on any atom is 0.414 e. The maximum atomic E-state index is 12.0.